The fraction of sp³-hybridized carbons (Fsp3) is 0.917. The van der Waals surface area contributed by atoms with E-state index < -0.39 is 223 Å². The quantitative estimate of drug-likeness (QED) is 0.0360. The van der Waals surface area contributed by atoms with Crippen LogP contribution in [0.15, 0.2) is 11.6 Å². The van der Waals surface area contributed by atoms with Crippen LogP contribution in [0.4, 0.5) is 0 Å². The Hall–Kier alpha value is -2.57. The smallest absolute Gasteiger partial charge is 0.317 e. The Labute approximate surface area is 509 Å². The third-order valence-electron chi connectivity index (χ3n) is 23.4. The summed E-state index contributed by atoms with van der Waals surface area (Å²) in [7, 11) is 0. The summed E-state index contributed by atoms with van der Waals surface area (Å²) in [5.74, 6) is -4.04. The monoisotopic (exact) mass is 1260 g/mol. The molecule has 10 aliphatic rings. The predicted molar refractivity (Wildman–Crippen MR) is 291 cm³/mol. The van der Waals surface area contributed by atoms with Crippen LogP contribution in [0, 0.1) is 50.2 Å². The van der Waals surface area contributed by atoms with Gasteiger partial charge in [-0.25, -0.2) is 0 Å². The van der Waals surface area contributed by atoms with Crippen molar-refractivity contribution >= 4 is 18.2 Å². The van der Waals surface area contributed by atoms with Crippen molar-refractivity contribution in [1.82, 2.24) is 0 Å². The van der Waals surface area contributed by atoms with Crippen LogP contribution in [-0.4, -0.2) is 262 Å². The Balaban J connectivity index is 0.946. The first-order valence-corrected chi connectivity index (χ1v) is 31.0. The van der Waals surface area contributed by atoms with E-state index in [4.69, 9.17) is 47.4 Å². The molecule has 28 nitrogen and oxygen atoms in total. The number of hydrogen-bond acceptors (Lipinski definition) is 28. The van der Waals surface area contributed by atoms with E-state index in [9.17, 15) is 86.2 Å². The highest BCUT2D eigenvalue weighted by Gasteiger charge is 2.73. The summed E-state index contributed by atoms with van der Waals surface area (Å²) in [6.45, 7) is 15.7. The number of carboxylic acids is 1. The highest BCUT2D eigenvalue weighted by Crippen LogP contribution is 2.76. The second kappa shape index (κ2) is 24.6. The molecule has 5 aliphatic carbocycles. The van der Waals surface area contributed by atoms with E-state index in [0.29, 0.717) is 38.5 Å². The molecular formula is C60H93O28-. The summed E-state index contributed by atoms with van der Waals surface area (Å²) in [5, 5.41) is 167. The molecule has 5 saturated heterocycles. The summed E-state index contributed by atoms with van der Waals surface area (Å²) < 4.78 is 60.3. The third-order valence-corrected chi connectivity index (χ3v) is 23.4. The highest BCUT2D eigenvalue weighted by atomic mass is 16.8. The summed E-state index contributed by atoms with van der Waals surface area (Å²) in [5.41, 5.74) is -4.40. The summed E-state index contributed by atoms with van der Waals surface area (Å²) in [6, 6.07) is 0. The standard InChI is InChI=1S/C60H94O28/c1-22-32(64)36(68)40(72)49(79-22)84-44-43(75)45(48(76)77)85-53(47(44)87-51-42(74)38(70)35(67)27(20-61)82-51)83-31-13-14-56(6)28(57(31,7)21-62)12-15-58(8)29(56)11-10-25-26-18-55(4,5)16-17-60(26,30(63)19-59(25,58)9)54(78)88-52-46(39(71)34(66)24(3)81-52)86-50-41(73)37(69)33(65)23(2)80-50/h10,21-24,26-47,49-53,61,63-75H,11-20H2,1-9H3,(H,76,77)/p-1/t22-,23-,24+,26-,27+,28+,29+,30+,31-,32-,33-,34-,35-,36+,37+,38-,39-,40+,41+,42+,43-,44-,45-,46+,47+,49-,50-,51-,52-,53+,56-,57-,58+,59+,60+/m0/s1. The minimum Gasteiger partial charge on any atom is -0.547 e. The van der Waals surface area contributed by atoms with Crippen LogP contribution in [0.3, 0.4) is 0 Å². The number of allylic oxidation sites excluding steroid dienone is 2. The molecule has 14 N–H and O–H groups in total. The van der Waals surface area contributed by atoms with Crippen molar-refractivity contribution in [3.05, 3.63) is 11.6 Å². The minimum absolute atomic E-state index is 0.101. The molecule has 5 heterocycles. The zero-order chi connectivity index (χ0) is 64.6. The summed E-state index contributed by atoms with van der Waals surface area (Å²) in [6.07, 6.45) is -40.4. The molecular weight excluding hydrogens is 1170 g/mol. The molecule has 4 saturated carbocycles. The van der Waals surface area contributed by atoms with Crippen molar-refractivity contribution < 1.29 is 138 Å². The van der Waals surface area contributed by atoms with E-state index in [1.807, 2.05) is 0 Å². The lowest BCUT2D eigenvalue weighted by Gasteiger charge is -2.71. The van der Waals surface area contributed by atoms with Crippen molar-refractivity contribution in [3.63, 3.8) is 0 Å². The Morgan fingerprint density at radius 3 is 1.67 bits per heavy atom. The molecule has 0 unspecified atom stereocenters. The summed E-state index contributed by atoms with van der Waals surface area (Å²) in [4.78, 5) is 42.4. The maximum Gasteiger partial charge on any atom is 0.317 e. The first kappa shape index (κ1) is 68.3. The average Bonchev–Trinajstić information content (AvgIpc) is 0.699. The van der Waals surface area contributed by atoms with E-state index in [2.05, 4.69) is 40.7 Å². The van der Waals surface area contributed by atoms with Gasteiger partial charge in [-0.05, 0) is 118 Å². The molecule has 0 amide bonds. The number of carboxylic acid groups (broad SMARTS) is 1. The number of hydrogen-bond donors (Lipinski definition) is 14. The number of esters is 1. The number of carbonyl (C=O) groups is 3. The number of carbonyl (C=O) groups excluding carboxylic acids is 3. The lowest BCUT2D eigenvalue weighted by atomic mass is 9.33. The van der Waals surface area contributed by atoms with E-state index in [1.54, 1.807) is 6.92 Å². The first-order valence-electron chi connectivity index (χ1n) is 31.0. The van der Waals surface area contributed by atoms with Gasteiger partial charge in [0.1, 0.15) is 109 Å². The van der Waals surface area contributed by atoms with Gasteiger partial charge >= 0.3 is 5.97 Å². The van der Waals surface area contributed by atoms with Gasteiger partial charge in [0.05, 0.1) is 48.5 Å². The van der Waals surface area contributed by atoms with E-state index in [0.717, 1.165) is 11.9 Å². The molecule has 0 aromatic rings. The number of fused-ring (bicyclic) bond motifs is 7. The normalized spacial score (nSPS) is 55.4. The molecule has 35 atom stereocenters. The van der Waals surface area contributed by atoms with Crippen molar-refractivity contribution in [2.24, 2.45) is 50.2 Å². The van der Waals surface area contributed by atoms with E-state index >= 15 is 4.79 Å². The zero-order valence-electron chi connectivity index (χ0n) is 51.0. The van der Waals surface area contributed by atoms with Gasteiger partial charge in [0.2, 0.25) is 6.29 Å². The van der Waals surface area contributed by atoms with Crippen molar-refractivity contribution in [3.8, 4) is 0 Å². The Bertz CT molecular complexity index is 2560. The maximum atomic E-state index is 15.4. The van der Waals surface area contributed by atoms with E-state index in [1.165, 1.54) is 20.8 Å². The Morgan fingerprint density at radius 1 is 0.568 bits per heavy atom. The SMILES string of the molecule is C[C@@H]1O[C@@H](O[C@H]2[C@H](OC(=O)[C@]34CCC(C)(C)C[C@H]3C3=CC[C@@H]5[C@@]6(C)CC[C@H](O[C@@H]7O[C@H](C(=O)[O-])[C@@H](O)[C@H](O[C@@H]8O[C@@H](C)[C@H](O)[C@@H](O)[C@H]8O)[C@H]7O[C@@H]7O[C@H](CO)[C@H](O)[C@H](O)[C@H]7O)[C@@](C)(C=O)[C@@H]6CC[C@@]5(C)[C@]3(C)C[C@H]4O)O[C@H](C)[C@H](O)[C@@H]2O)[C@H](O)[C@H](O)[C@H]1O. The fourth-order valence-corrected chi connectivity index (χ4v) is 17.7. The molecule has 0 radical (unpaired) electrons. The number of aldehydes is 1. The number of aliphatic hydroxyl groups excluding tert-OH is 14. The topological polar surface area (TPSA) is 450 Å². The minimum atomic E-state index is -2.28. The van der Waals surface area contributed by atoms with Gasteiger partial charge in [0.15, 0.2) is 31.3 Å². The van der Waals surface area contributed by atoms with Gasteiger partial charge in [-0.3, -0.25) is 4.79 Å². The number of aliphatic carboxylic acids is 1. The fourth-order valence-electron chi connectivity index (χ4n) is 17.7. The molecule has 0 spiro atoms. The van der Waals surface area contributed by atoms with Crippen LogP contribution in [-0.2, 0) is 61.8 Å². The molecule has 0 bridgehead atoms. The Kier molecular flexibility index (Phi) is 19.1. The van der Waals surface area contributed by atoms with Gasteiger partial charge in [-0.1, -0.05) is 53.2 Å². The second-order valence-corrected chi connectivity index (χ2v) is 28.8. The average molecular weight is 1260 g/mol. The molecule has 88 heavy (non-hydrogen) atoms. The number of aliphatic hydroxyl groups is 14. The Morgan fingerprint density at radius 2 is 1.10 bits per heavy atom. The van der Waals surface area contributed by atoms with Gasteiger partial charge in [-0.15, -0.1) is 0 Å². The predicted octanol–water partition coefficient (Wildman–Crippen LogP) is -4.22. The van der Waals surface area contributed by atoms with Crippen LogP contribution < -0.4 is 5.11 Å². The van der Waals surface area contributed by atoms with Gasteiger partial charge in [-0.2, -0.15) is 0 Å². The molecule has 0 aromatic carbocycles. The number of ether oxygens (including phenoxy) is 10. The number of rotatable bonds is 13. The van der Waals surface area contributed by atoms with Crippen molar-refractivity contribution in [2.45, 2.75) is 286 Å². The molecule has 10 rings (SSSR count). The second-order valence-electron chi connectivity index (χ2n) is 28.8. The molecule has 9 fully saturated rings. The van der Waals surface area contributed by atoms with Crippen LogP contribution in [0.2, 0.25) is 0 Å². The lowest BCUT2D eigenvalue weighted by molar-refractivity contribution is -0.403. The molecule has 0 aromatic heterocycles. The molecule has 502 valence electrons. The van der Waals surface area contributed by atoms with Gasteiger partial charge < -0.3 is 134 Å². The largest absolute Gasteiger partial charge is 0.547 e. The van der Waals surface area contributed by atoms with Crippen molar-refractivity contribution in [1.29, 1.82) is 0 Å². The molecule has 5 aliphatic heterocycles. The zero-order valence-corrected chi connectivity index (χ0v) is 51.0. The highest BCUT2D eigenvalue weighted by molar-refractivity contribution is 5.80. The van der Waals surface area contributed by atoms with Crippen molar-refractivity contribution in [2.75, 3.05) is 6.61 Å². The maximum absolute atomic E-state index is 15.4. The van der Waals surface area contributed by atoms with Gasteiger partial charge in [0, 0.05) is 0 Å². The van der Waals surface area contributed by atoms with Crippen LogP contribution in [0.1, 0.15) is 120 Å². The molecule has 28 heteroatoms. The van der Waals surface area contributed by atoms with Crippen LogP contribution in [0.5, 0.6) is 0 Å². The van der Waals surface area contributed by atoms with Gasteiger partial charge in [0.25, 0.3) is 0 Å². The third kappa shape index (κ3) is 11.0. The van der Waals surface area contributed by atoms with Crippen LogP contribution >= 0.6 is 0 Å². The summed E-state index contributed by atoms with van der Waals surface area (Å²) >= 11 is 0. The van der Waals surface area contributed by atoms with Crippen LogP contribution in [0.25, 0.3) is 0 Å². The lowest BCUT2D eigenvalue weighted by Crippen LogP contribution is -2.70. The first-order chi connectivity index (χ1) is 41.1. The van der Waals surface area contributed by atoms with E-state index in [-0.39, 0.29) is 30.6 Å².